The van der Waals surface area contributed by atoms with Crippen LogP contribution in [0.1, 0.15) is 44.6 Å². The number of hydrogen-bond donors (Lipinski definition) is 2. The monoisotopic (exact) mass is 508 g/mol. The molecule has 0 saturated carbocycles. The van der Waals surface area contributed by atoms with E-state index in [4.69, 9.17) is 0 Å². The van der Waals surface area contributed by atoms with Crippen molar-refractivity contribution < 1.29 is 13.6 Å². The van der Waals surface area contributed by atoms with E-state index < -0.39 is 11.6 Å². The van der Waals surface area contributed by atoms with E-state index in [9.17, 15) is 13.6 Å². The van der Waals surface area contributed by atoms with Crippen LogP contribution in [0, 0.1) is 11.6 Å². The Morgan fingerprint density at radius 1 is 1.21 bits per heavy atom. The lowest BCUT2D eigenvalue weighted by molar-refractivity contribution is -0.130. The smallest absolute Gasteiger partial charge is 0.222 e. The van der Waals surface area contributed by atoms with Gasteiger partial charge in [0.15, 0.2) is 5.96 Å². The van der Waals surface area contributed by atoms with Gasteiger partial charge in [0.05, 0.1) is 0 Å². The summed E-state index contributed by atoms with van der Waals surface area (Å²) in [5.74, 6) is -0.173. The molecule has 0 bridgehead atoms. The Morgan fingerprint density at radius 3 is 2.79 bits per heavy atom. The van der Waals surface area contributed by atoms with E-state index in [1.165, 1.54) is 12.1 Å². The van der Waals surface area contributed by atoms with Crippen LogP contribution in [0.5, 0.6) is 0 Å². The molecule has 28 heavy (non-hydrogen) atoms. The molecule has 8 heteroatoms. The summed E-state index contributed by atoms with van der Waals surface area (Å²) < 4.78 is 26.6. The van der Waals surface area contributed by atoms with Gasteiger partial charge in [-0.1, -0.05) is 12.5 Å². The van der Waals surface area contributed by atoms with Crippen molar-refractivity contribution in [3.63, 3.8) is 0 Å². The fourth-order valence-electron chi connectivity index (χ4n) is 3.11. The summed E-state index contributed by atoms with van der Waals surface area (Å²) in [4.78, 5) is 18.4. The number of rotatable bonds is 8. The minimum atomic E-state index is -0.568. The number of likely N-dealkylation sites (tertiary alicyclic amines) is 1. The zero-order chi connectivity index (χ0) is 19.5. The zero-order valence-electron chi connectivity index (χ0n) is 16.5. The van der Waals surface area contributed by atoms with E-state index in [1.807, 2.05) is 11.8 Å². The summed E-state index contributed by atoms with van der Waals surface area (Å²) in [6, 6.07) is 3.63. The van der Waals surface area contributed by atoms with Crippen LogP contribution in [-0.2, 0) is 11.2 Å². The molecule has 1 aromatic carbocycles. The van der Waals surface area contributed by atoms with Gasteiger partial charge in [-0.2, -0.15) is 0 Å². The number of nitrogens with one attached hydrogen (secondary N) is 2. The second-order valence-corrected chi connectivity index (χ2v) is 6.72. The SMILES string of the molecule is CCNC(=NCCCN1CCCCCC1=O)NCCc1ccc(F)cc1F.I. The molecule has 0 aliphatic carbocycles. The number of carbonyl (C=O) groups is 1. The fourth-order valence-corrected chi connectivity index (χ4v) is 3.11. The number of nitrogens with zero attached hydrogens (tertiary/aromatic N) is 2. The van der Waals surface area contributed by atoms with Crippen molar-refractivity contribution in [2.45, 2.75) is 45.4 Å². The van der Waals surface area contributed by atoms with Crippen molar-refractivity contribution in [3.8, 4) is 0 Å². The Kier molecular flexibility index (Phi) is 12.0. The third-order valence-corrected chi connectivity index (χ3v) is 4.57. The molecule has 2 N–H and O–H groups in total. The lowest BCUT2D eigenvalue weighted by atomic mass is 10.1. The summed E-state index contributed by atoms with van der Waals surface area (Å²) in [7, 11) is 0. The maximum atomic E-state index is 13.7. The van der Waals surface area contributed by atoms with Crippen LogP contribution in [-0.4, -0.2) is 49.5 Å². The van der Waals surface area contributed by atoms with Crippen molar-refractivity contribution in [3.05, 3.63) is 35.4 Å². The number of guanidine groups is 1. The van der Waals surface area contributed by atoms with Gasteiger partial charge < -0.3 is 15.5 Å². The van der Waals surface area contributed by atoms with Crippen LogP contribution in [0.2, 0.25) is 0 Å². The van der Waals surface area contributed by atoms with Crippen molar-refractivity contribution in [1.29, 1.82) is 0 Å². The Balaban J connectivity index is 0.00000392. The molecule has 1 aromatic rings. The molecule has 5 nitrogen and oxygen atoms in total. The lowest BCUT2D eigenvalue weighted by Crippen LogP contribution is -2.38. The van der Waals surface area contributed by atoms with Gasteiger partial charge in [-0.3, -0.25) is 9.79 Å². The molecule has 1 saturated heterocycles. The number of carbonyl (C=O) groups excluding carboxylic acids is 1. The van der Waals surface area contributed by atoms with E-state index in [1.54, 1.807) is 0 Å². The first-order valence-corrected chi connectivity index (χ1v) is 9.84. The van der Waals surface area contributed by atoms with Crippen LogP contribution in [0.4, 0.5) is 8.78 Å². The molecule has 1 aliphatic rings. The van der Waals surface area contributed by atoms with Gasteiger partial charge in [0.1, 0.15) is 11.6 Å². The van der Waals surface area contributed by atoms with Crippen LogP contribution < -0.4 is 10.6 Å². The molecule has 0 aromatic heterocycles. The standard InChI is InChI=1S/C20H30F2N4O.HI/c1-2-23-20(25-12-10-16-8-9-17(21)15-18(16)22)24-11-6-14-26-13-5-3-4-7-19(26)27;/h8-9,15H,2-7,10-14H2,1H3,(H2,23,24,25);1H. The summed E-state index contributed by atoms with van der Waals surface area (Å²) >= 11 is 0. The average molecular weight is 508 g/mol. The third kappa shape index (κ3) is 8.70. The highest BCUT2D eigenvalue weighted by Gasteiger charge is 2.15. The maximum absolute atomic E-state index is 13.7. The van der Waals surface area contributed by atoms with Crippen molar-refractivity contribution >= 4 is 35.8 Å². The summed E-state index contributed by atoms with van der Waals surface area (Å²) in [5.41, 5.74) is 0.472. The topological polar surface area (TPSA) is 56.7 Å². The van der Waals surface area contributed by atoms with E-state index in [0.29, 0.717) is 37.5 Å². The number of aliphatic imine (C=N–C) groups is 1. The van der Waals surface area contributed by atoms with E-state index >= 15 is 0 Å². The Hall–Kier alpha value is -1.45. The van der Waals surface area contributed by atoms with E-state index in [2.05, 4.69) is 15.6 Å². The molecule has 1 fully saturated rings. The first kappa shape index (κ1) is 24.6. The Morgan fingerprint density at radius 2 is 2.04 bits per heavy atom. The highest BCUT2D eigenvalue weighted by atomic mass is 127. The molecule has 0 spiro atoms. The molecule has 0 radical (unpaired) electrons. The Labute approximate surface area is 183 Å². The summed E-state index contributed by atoms with van der Waals surface area (Å²) in [6.07, 6.45) is 5.13. The van der Waals surface area contributed by atoms with Crippen LogP contribution >= 0.6 is 24.0 Å². The quantitative estimate of drug-likeness (QED) is 0.245. The first-order chi connectivity index (χ1) is 13.1. The van der Waals surface area contributed by atoms with Gasteiger partial charge in [0.2, 0.25) is 5.91 Å². The molecule has 1 heterocycles. The van der Waals surface area contributed by atoms with E-state index in [0.717, 1.165) is 51.4 Å². The Bertz CT molecular complexity index is 643. The summed E-state index contributed by atoms with van der Waals surface area (Å²) in [6.45, 7) is 5.41. The fraction of sp³-hybridized carbons (Fsp3) is 0.600. The highest BCUT2D eigenvalue weighted by Crippen LogP contribution is 2.11. The van der Waals surface area contributed by atoms with Crippen molar-refractivity contribution in [2.75, 3.05) is 32.7 Å². The number of halogens is 3. The molecular weight excluding hydrogens is 477 g/mol. The van der Waals surface area contributed by atoms with E-state index in [-0.39, 0.29) is 29.9 Å². The average Bonchev–Trinajstić information content (AvgIpc) is 2.84. The molecule has 1 amide bonds. The number of benzene rings is 1. The second-order valence-electron chi connectivity index (χ2n) is 6.72. The minimum absolute atomic E-state index is 0. The normalized spacial score (nSPS) is 15.0. The van der Waals surface area contributed by atoms with Gasteiger partial charge in [0, 0.05) is 45.2 Å². The molecule has 0 unspecified atom stereocenters. The van der Waals surface area contributed by atoms with Gasteiger partial charge in [-0.05, 0) is 44.2 Å². The largest absolute Gasteiger partial charge is 0.357 e. The van der Waals surface area contributed by atoms with Gasteiger partial charge in [-0.25, -0.2) is 8.78 Å². The highest BCUT2D eigenvalue weighted by molar-refractivity contribution is 14.0. The minimum Gasteiger partial charge on any atom is -0.357 e. The van der Waals surface area contributed by atoms with Gasteiger partial charge in [0.25, 0.3) is 0 Å². The molecule has 2 rings (SSSR count). The van der Waals surface area contributed by atoms with Crippen molar-refractivity contribution in [1.82, 2.24) is 15.5 Å². The molecule has 0 atom stereocenters. The number of hydrogen-bond acceptors (Lipinski definition) is 2. The first-order valence-electron chi connectivity index (χ1n) is 9.84. The van der Waals surface area contributed by atoms with Gasteiger partial charge in [-0.15, -0.1) is 24.0 Å². The molecule has 1 aliphatic heterocycles. The van der Waals surface area contributed by atoms with Crippen molar-refractivity contribution in [2.24, 2.45) is 4.99 Å². The third-order valence-electron chi connectivity index (χ3n) is 4.57. The van der Waals surface area contributed by atoms with Crippen LogP contribution in [0.15, 0.2) is 23.2 Å². The molecular formula is C20H31F2IN4O. The second kappa shape index (κ2) is 13.7. The predicted molar refractivity (Wildman–Crippen MR) is 119 cm³/mol. The van der Waals surface area contributed by atoms with Crippen LogP contribution in [0.3, 0.4) is 0 Å². The molecule has 158 valence electrons. The maximum Gasteiger partial charge on any atom is 0.222 e. The van der Waals surface area contributed by atoms with Crippen LogP contribution in [0.25, 0.3) is 0 Å². The van der Waals surface area contributed by atoms with Gasteiger partial charge >= 0.3 is 0 Å². The number of amides is 1. The lowest BCUT2D eigenvalue weighted by Gasteiger charge is -2.20. The zero-order valence-corrected chi connectivity index (χ0v) is 18.8. The summed E-state index contributed by atoms with van der Waals surface area (Å²) in [5, 5.41) is 6.32. The predicted octanol–water partition coefficient (Wildman–Crippen LogP) is 3.47.